The van der Waals surface area contributed by atoms with Crippen LogP contribution in [0.25, 0.3) is 0 Å². The molecule has 0 aromatic carbocycles. The van der Waals surface area contributed by atoms with E-state index < -0.39 is 0 Å². The van der Waals surface area contributed by atoms with Crippen molar-refractivity contribution in [3.8, 4) is 0 Å². The molecule has 1 heterocycles. The molecule has 2 aliphatic rings. The van der Waals surface area contributed by atoms with Crippen LogP contribution in [-0.4, -0.2) is 6.54 Å². The zero-order chi connectivity index (χ0) is 13.1. The van der Waals surface area contributed by atoms with Gasteiger partial charge in [0.05, 0.1) is 12.5 Å². The van der Waals surface area contributed by atoms with Gasteiger partial charge in [0, 0.05) is 11.6 Å². The summed E-state index contributed by atoms with van der Waals surface area (Å²) in [6.07, 6.45) is 13.9. The molecule has 1 aromatic heterocycles. The fourth-order valence-electron chi connectivity index (χ4n) is 4.44. The molecule has 0 spiro atoms. The number of fused-ring (bicyclic) bond motifs is 1. The van der Waals surface area contributed by atoms with Crippen LogP contribution in [0.2, 0.25) is 0 Å². The molecule has 0 amide bonds. The molecule has 2 nitrogen and oxygen atoms in total. The van der Waals surface area contributed by atoms with E-state index in [0.717, 1.165) is 24.3 Å². The van der Waals surface area contributed by atoms with Gasteiger partial charge in [0.2, 0.25) is 0 Å². The van der Waals surface area contributed by atoms with E-state index in [1.54, 1.807) is 0 Å². The third-order valence-corrected chi connectivity index (χ3v) is 5.38. The van der Waals surface area contributed by atoms with Crippen molar-refractivity contribution in [3.05, 3.63) is 24.2 Å². The van der Waals surface area contributed by atoms with E-state index in [4.69, 9.17) is 4.42 Å². The first-order valence-corrected chi connectivity index (χ1v) is 8.14. The Bertz CT molecular complexity index is 373. The molecule has 2 saturated carbocycles. The number of furan rings is 1. The number of hydrogen-bond acceptors (Lipinski definition) is 2. The fourth-order valence-corrected chi connectivity index (χ4v) is 4.44. The van der Waals surface area contributed by atoms with Gasteiger partial charge in [0.1, 0.15) is 0 Å². The number of hydrogen-bond donors (Lipinski definition) is 1. The minimum Gasteiger partial charge on any atom is -0.472 e. The monoisotopic (exact) mass is 261 g/mol. The van der Waals surface area contributed by atoms with Gasteiger partial charge in [-0.15, -0.1) is 0 Å². The van der Waals surface area contributed by atoms with Gasteiger partial charge in [0.15, 0.2) is 0 Å². The van der Waals surface area contributed by atoms with E-state index in [1.165, 1.54) is 50.5 Å². The molecule has 2 aliphatic carbocycles. The third kappa shape index (κ3) is 2.89. The first-order chi connectivity index (χ1) is 9.38. The van der Waals surface area contributed by atoms with Crippen LogP contribution in [0, 0.1) is 17.8 Å². The second-order valence-corrected chi connectivity index (χ2v) is 6.47. The van der Waals surface area contributed by atoms with Crippen LogP contribution in [0.1, 0.15) is 63.5 Å². The topological polar surface area (TPSA) is 25.2 Å². The molecule has 2 fully saturated rings. The van der Waals surface area contributed by atoms with Gasteiger partial charge < -0.3 is 9.73 Å². The minimum absolute atomic E-state index is 0.506. The molecule has 0 saturated heterocycles. The van der Waals surface area contributed by atoms with E-state index in [0.29, 0.717) is 6.04 Å². The lowest BCUT2D eigenvalue weighted by Gasteiger charge is -2.42. The Labute approximate surface area is 117 Å². The summed E-state index contributed by atoms with van der Waals surface area (Å²) in [4.78, 5) is 0. The van der Waals surface area contributed by atoms with Gasteiger partial charge in [-0.25, -0.2) is 0 Å². The van der Waals surface area contributed by atoms with E-state index in [9.17, 15) is 0 Å². The second-order valence-electron chi connectivity index (χ2n) is 6.47. The molecule has 0 aliphatic heterocycles. The average molecular weight is 261 g/mol. The van der Waals surface area contributed by atoms with Gasteiger partial charge in [-0.3, -0.25) is 0 Å². The zero-order valence-corrected chi connectivity index (χ0v) is 12.1. The lowest BCUT2D eigenvalue weighted by molar-refractivity contribution is 0.109. The van der Waals surface area contributed by atoms with Crippen LogP contribution in [0.5, 0.6) is 0 Å². The molecule has 1 N–H and O–H groups in total. The van der Waals surface area contributed by atoms with Crippen molar-refractivity contribution in [2.45, 2.75) is 57.9 Å². The Balaban J connectivity index is 1.69. The molecule has 4 unspecified atom stereocenters. The molecule has 0 radical (unpaired) electrons. The Morgan fingerprint density at radius 3 is 2.79 bits per heavy atom. The summed E-state index contributed by atoms with van der Waals surface area (Å²) in [5, 5.41) is 3.69. The van der Waals surface area contributed by atoms with E-state index in [-0.39, 0.29) is 0 Å². The van der Waals surface area contributed by atoms with Crippen molar-refractivity contribution in [1.29, 1.82) is 0 Å². The molecule has 19 heavy (non-hydrogen) atoms. The fraction of sp³-hybridized carbons (Fsp3) is 0.765. The molecule has 1 aromatic rings. The summed E-state index contributed by atoms with van der Waals surface area (Å²) in [5.74, 6) is 2.84. The summed E-state index contributed by atoms with van der Waals surface area (Å²) in [5.41, 5.74) is 1.35. The van der Waals surface area contributed by atoms with Crippen molar-refractivity contribution in [2.75, 3.05) is 6.54 Å². The molecular weight excluding hydrogens is 234 g/mol. The molecule has 2 heteroatoms. The SMILES string of the molecule is CCNC(c1ccoc1)C1CCC2CCCCC2C1. The van der Waals surface area contributed by atoms with Crippen LogP contribution in [0.15, 0.2) is 23.0 Å². The van der Waals surface area contributed by atoms with Crippen LogP contribution in [-0.2, 0) is 0 Å². The predicted octanol–water partition coefficient (Wildman–Crippen LogP) is 4.54. The molecule has 106 valence electrons. The van der Waals surface area contributed by atoms with Crippen LogP contribution in [0.3, 0.4) is 0 Å². The summed E-state index contributed by atoms with van der Waals surface area (Å²) in [6.45, 7) is 3.25. The second kappa shape index (κ2) is 6.13. The Morgan fingerprint density at radius 2 is 2.05 bits per heavy atom. The summed E-state index contributed by atoms with van der Waals surface area (Å²) in [6, 6.07) is 2.65. The third-order valence-electron chi connectivity index (χ3n) is 5.38. The van der Waals surface area contributed by atoms with E-state index in [1.807, 2.05) is 12.5 Å². The van der Waals surface area contributed by atoms with Gasteiger partial charge in [-0.1, -0.05) is 32.6 Å². The van der Waals surface area contributed by atoms with E-state index >= 15 is 0 Å². The standard InChI is InChI=1S/C17H27NO/c1-2-18-17(16-9-10-19-12-16)15-8-7-13-5-3-4-6-14(13)11-15/h9-10,12-15,17-18H,2-8,11H2,1H3. The highest BCUT2D eigenvalue weighted by Gasteiger charge is 2.35. The van der Waals surface area contributed by atoms with Gasteiger partial charge in [-0.05, 0) is 49.6 Å². The maximum Gasteiger partial charge on any atom is 0.0950 e. The normalized spacial score (nSPS) is 32.8. The lowest BCUT2D eigenvalue weighted by Crippen LogP contribution is -2.35. The smallest absolute Gasteiger partial charge is 0.0950 e. The number of nitrogens with one attached hydrogen (secondary N) is 1. The minimum atomic E-state index is 0.506. The molecule has 0 bridgehead atoms. The van der Waals surface area contributed by atoms with Crippen molar-refractivity contribution in [3.63, 3.8) is 0 Å². The van der Waals surface area contributed by atoms with Gasteiger partial charge in [0.25, 0.3) is 0 Å². The van der Waals surface area contributed by atoms with Crippen molar-refractivity contribution < 1.29 is 4.42 Å². The molecule has 3 rings (SSSR count). The first-order valence-electron chi connectivity index (χ1n) is 8.14. The maximum absolute atomic E-state index is 5.30. The predicted molar refractivity (Wildman–Crippen MR) is 77.9 cm³/mol. The van der Waals surface area contributed by atoms with Crippen LogP contribution in [0.4, 0.5) is 0 Å². The largest absolute Gasteiger partial charge is 0.472 e. The van der Waals surface area contributed by atoms with Gasteiger partial charge >= 0.3 is 0 Å². The molecule has 4 atom stereocenters. The summed E-state index contributed by atoms with van der Waals surface area (Å²) in [7, 11) is 0. The summed E-state index contributed by atoms with van der Waals surface area (Å²) < 4.78 is 5.30. The quantitative estimate of drug-likeness (QED) is 0.861. The summed E-state index contributed by atoms with van der Waals surface area (Å²) >= 11 is 0. The highest BCUT2D eigenvalue weighted by Crippen LogP contribution is 2.46. The van der Waals surface area contributed by atoms with Crippen LogP contribution >= 0.6 is 0 Å². The highest BCUT2D eigenvalue weighted by atomic mass is 16.3. The highest BCUT2D eigenvalue weighted by molar-refractivity contribution is 5.13. The van der Waals surface area contributed by atoms with Gasteiger partial charge in [-0.2, -0.15) is 0 Å². The van der Waals surface area contributed by atoms with Crippen molar-refractivity contribution in [2.24, 2.45) is 17.8 Å². The Hall–Kier alpha value is -0.760. The number of rotatable bonds is 4. The molecular formula is C17H27NO. The van der Waals surface area contributed by atoms with E-state index in [2.05, 4.69) is 18.3 Å². The van der Waals surface area contributed by atoms with Crippen molar-refractivity contribution >= 4 is 0 Å². The van der Waals surface area contributed by atoms with Crippen molar-refractivity contribution in [1.82, 2.24) is 5.32 Å². The van der Waals surface area contributed by atoms with Crippen LogP contribution < -0.4 is 5.32 Å². The Kier molecular flexibility index (Phi) is 4.27. The average Bonchev–Trinajstić information content (AvgIpc) is 2.98. The first kappa shape index (κ1) is 13.2. The lowest BCUT2D eigenvalue weighted by atomic mass is 9.65. The Morgan fingerprint density at radius 1 is 1.21 bits per heavy atom. The zero-order valence-electron chi connectivity index (χ0n) is 12.1. The maximum atomic E-state index is 5.30.